The highest BCUT2D eigenvalue weighted by atomic mass is 16.7. The number of nitrogens with zero attached hydrogens (tertiary/aromatic N) is 6. The molecule has 0 spiro atoms. The van der Waals surface area contributed by atoms with Crippen LogP contribution in [0.25, 0.3) is 0 Å². The summed E-state index contributed by atoms with van der Waals surface area (Å²) in [6.45, 7) is 14.1. The first-order chi connectivity index (χ1) is 69.6. The molecule has 4 aliphatic heterocycles. The van der Waals surface area contributed by atoms with Gasteiger partial charge in [-0.05, 0) is 69.8 Å². The number of carbonyl (C=O) groups excluding carboxylic acids is 20. The highest BCUT2D eigenvalue weighted by Gasteiger charge is 2.55. The molecule has 5 heterocycles. The Kier molecular flexibility index (Phi) is 54.9. The Morgan fingerprint density at radius 3 is 1.01 bits per heavy atom. The molecule has 1 aromatic carbocycles. The Balaban J connectivity index is 1.09. The number of rotatable bonds is 63. The largest absolute Gasteiger partial charge is 0.463 e. The standard InChI is InChI=1S/C94H142N16O36/c1-56(111)102-80-86(141-65(10)120)83(138-62(7)117)69(53-134-59(4)114)144-89(80)131-49-19-16-28-72(123)95-36-23-39-98-75(126)33-42-101-92-105-93(107-94(106-92)110-47-45-108(46-48-110)78(129)31-22-32-79(130)137-52-68-26-14-13-15-27-68)109(43-34-76(127)99-40-24-37-96-73(124)29-17-20-50-132-90-81(103-57(2)112)87(142-66(11)121)84(139-63(8)118)70(145-90)54-135-60(5)115)44-35-77(128)100-41-25-38-97-74(125)30-18-21-51-133-91-82(104-58(3)113)88(143-67(12)122)85(140-64(9)119)71(146-91)55-136-61(6)116/h13-15,26-27,69-71,80-91H,16-25,28-55H2,1-12H3,(H,95,123)(H,96,124)(H,97,125)(H,98,126)(H,99,127)(H,100,128)(H,102,111)(H,103,112)(H,104,113)(H,101,105,106,107). The Labute approximate surface area is 845 Å². The number of nitrogens with one attached hydrogen (secondary N) is 10. The summed E-state index contributed by atoms with van der Waals surface area (Å²) in [5.74, 6) is -11.1. The number of aromatic nitrogens is 3. The van der Waals surface area contributed by atoms with E-state index >= 15 is 0 Å². The molecule has 0 radical (unpaired) electrons. The molecule has 0 bridgehead atoms. The first-order valence-corrected chi connectivity index (χ1v) is 48.7. The number of unbranched alkanes of at least 4 members (excludes halogenated alkanes) is 3. The molecule has 6 rings (SSSR count). The molecule has 15 unspecified atom stereocenters. The van der Waals surface area contributed by atoms with Gasteiger partial charge in [-0.3, -0.25) is 95.9 Å². The van der Waals surface area contributed by atoms with Gasteiger partial charge in [-0.15, -0.1) is 0 Å². The third-order valence-electron chi connectivity index (χ3n) is 22.1. The molecule has 814 valence electrons. The minimum atomic E-state index is -1.33. The van der Waals surface area contributed by atoms with E-state index in [0.717, 1.165) is 67.9 Å². The lowest BCUT2D eigenvalue weighted by Crippen LogP contribution is -2.66. The van der Waals surface area contributed by atoms with Gasteiger partial charge in [0, 0.05) is 239 Å². The predicted octanol–water partition coefficient (Wildman–Crippen LogP) is -0.781. The summed E-state index contributed by atoms with van der Waals surface area (Å²) in [4.78, 5) is 272. The van der Waals surface area contributed by atoms with Gasteiger partial charge in [0.25, 0.3) is 0 Å². The van der Waals surface area contributed by atoms with E-state index in [-0.39, 0.29) is 217 Å². The average Bonchev–Trinajstić information content (AvgIpc) is 0.791. The highest BCUT2D eigenvalue weighted by Crippen LogP contribution is 2.33. The van der Waals surface area contributed by atoms with Crippen LogP contribution in [0.15, 0.2) is 30.3 Å². The van der Waals surface area contributed by atoms with Gasteiger partial charge < -0.3 is 144 Å². The molecule has 4 aliphatic rings. The van der Waals surface area contributed by atoms with Crippen molar-refractivity contribution in [3.05, 3.63) is 35.9 Å². The van der Waals surface area contributed by atoms with E-state index in [1.807, 2.05) is 35.2 Å². The van der Waals surface area contributed by atoms with Crippen molar-refractivity contribution in [2.24, 2.45) is 0 Å². The molecular weight excluding hydrogens is 1930 g/mol. The van der Waals surface area contributed by atoms with Crippen molar-refractivity contribution < 1.29 is 172 Å². The van der Waals surface area contributed by atoms with Crippen LogP contribution in [-0.4, -0.2) is 355 Å². The number of hydrogen-bond donors (Lipinski definition) is 10. The minimum absolute atomic E-state index is 0.00518. The molecule has 10 N–H and O–H groups in total. The molecule has 4 saturated heterocycles. The molecule has 52 heteroatoms. The van der Waals surface area contributed by atoms with Crippen LogP contribution in [0.4, 0.5) is 17.8 Å². The summed E-state index contributed by atoms with van der Waals surface area (Å²) in [6, 6.07) is 5.60. The first kappa shape index (κ1) is 121. The number of hydrogen-bond acceptors (Lipinski definition) is 42. The maximum absolute atomic E-state index is 13.8. The zero-order valence-corrected chi connectivity index (χ0v) is 84.8. The van der Waals surface area contributed by atoms with Gasteiger partial charge in [0.15, 0.2) is 55.5 Å². The molecule has 52 nitrogen and oxygen atoms in total. The molecule has 15 atom stereocenters. The van der Waals surface area contributed by atoms with Crippen molar-refractivity contribution in [2.75, 3.05) is 140 Å². The minimum Gasteiger partial charge on any atom is -0.463 e. The van der Waals surface area contributed by atoms with Crippen LogP contribution in [0, 0.1) is 0 Å². The molecule has 1 aromatic heterocycles. The Bertz CT molecular complexity index is 4490. The molecular formula is C94H142N16O36. The van der Waals surface area contributed by atoms with Gasteiger partial charge in [-0.1, -0.05) is 30.3 Å². The van der Waals surface area contributed by atoms with Crippen molar-refractivity contribution in [1.82, 2.24) is 67.7 Å². The van der Waals surface area contributed by atoms with Crippen LogP contribution >= 0.6 is 0 Å². The normalized spacial score (nSPS) is 20.9. The van der Waals surface area contributed by atoms with Crippen LogP contribution in [-0.2, 0) is 178 Å². The maximum atomic E-state index is 13.8. The number of benzene rings is 1. The van der Waals surface area contributed by atoms with E-state index in [9.17, 15) is 95.9 Å². The molecule has 2 aromatic rings. The van der Waals surface area contributed by atoms with Crippen LogP contribution in [0.2, 0.25) is 0 Å². The number of anilines is 3. The fraction of sp³-hybridized carbons (Fsp3) is 0.691. The van der Waals surface area contributed by atoms with E-state index in [1.165, 1.54) is 20.8 Å². The van der Waals surface area contributed by atoms with Crippen molar-refractivity contribution in [3.8, 4) is 0 Å². The maximum Gasteiger partial charge on any atom is 0.306 e. The Morgan fingerprint density at radius 2 is 0.678 bits per heavy atom. The van der Waals surface area contributed by atoms with Crippen LogP contribution in [0.3, 0.4) is 0 Å². The van der Waals surface area contributed by atoms with Gasteiger partial charge in [-0.25, -0.2) is 0 Å². The van der Waals surface area contributed by atoms with Crippen molar-refractivity contribution in [3.63, 3.8) is 0 Å². The van der Waals surface area contributed by atoms with Gasteiger partial charge >= 0.3 is 59.7 Å². The van der Waals surface area contributed by atoms with E-state index < -0.39 is 201 Å². The third kappa shape index (κ3) is 47.8. The van der Waals surface area contributed by atoms with E-state index in [0.29, 0.717) is 57.8 Å². The highest BCUT2D eigenvalue weighted by molar-refractivity contribution is 5.81. The van der Waals surface area contributed by atoms with Crippen molar-refractivity contribution in [2.45, 2.75) is 297 Å². The number of esters is 10. The molecule has 146 heavy (non-hydrogen) atoms. The van der Waals surface area contributed by atoms with Crippen LogP contribution < -0.4 is 63.0 Å². The van der Waals surface area contributed by atoms with E-state index in [4.69, 9.17) is 90.7 Å². The fourth-order valence-corrected chi connectivity index (χ4v) is 15.5. The summed E-state index contributed by atoms with van der Waals surface area (Å²) in [6.07, 6.45) is -12.6. The van der Waals surface area contributed by atoms with Gasteiger partial charge in [0.05, 0.1) is 0 Å². The summed E-state index contributed by atoms with van der Waals surface area (Å²) in [5, 5.41) is 28.0. The van der Waals surface area contributed by atoms with Gasteiger partial charge in [0.2, 0.25) is 76.9 Å². The lowest BCUT2D eigenvalue weighted by atomic mass is 9.96. The number of amides is 10. The third-order valence-corrected chi connectivity index (χ3v) is 22.1. The lowest BCUT2D eigenvalue weighted by Gasteiger charge is -2.44. The molecule has 10 amide bonds. The molecule has 0 aliphatic carbocycles. The second kappa shape index (κ2) is 66.0. The average molecular weight is 2070 g/mol. The monoisotopic (exact) mass is 2070 g/mol. The number of piperazine rings is 1. The lowest BCUT2D eigenvalue weighted by molar-refractivity contribution is -0.277. The summed E-state index contributed by atoms with van der Waals surface area (Å²) in [7, 11) is 0. The van der Waals surface area contributed by atoms with Crippen molar-refractivity contribution in [1.29, 1.82) is 0 Å². The summed E-state index contributed by atoms with van der Waals surface area (Å²) < 4.78 is 90.0. The summed E-state index contributed by atoms with van der Waals surface area (Å²) >= 11 is 0. The van der Waals surface area contributed by atoms with Gasteiger partial charge in [0.1, 0.15) is 62.9 Å². The quantitative estimate of drug-likeness (QED) is 0.0221. The van der Waals surface area contributed by atoms with Crippen LogP contribution in [0.5, 0.6) is 0 Å². The SMILES string of the molecule is CC(=O)NC1C(OCCCCC(=O)NCCCNC(=O)CCNc2nc(N(CCC(=O)NCCCNC(=O)CCCCOC3OC(COC(C)=O)C(OC(C)=O)C(OC(C)=O)C3NC(C)=O)CCC(=O)NCCCNC(=O)CCCCOC3OC(COC(C)=O)C(OC(C)=O)C(OC(C)=O)C3NC(C)=O)nc(N3CCN(C(=O)CCCC(=O)OCc4ccccc4)CC3)n2)OC(COC(C)=O)C(OC(C)=O)C1OC(C)=O. The van der Waals surface area contributed by atoms with Crippen LogP contribution in [0.1, 0.15) is 204 Å². The summed E-state index contributed by atoms with van der Waals surface area (Å²) in [5.41, 5.74) is 0.815. The first-order valence-electron chi connectivity index (χ1n) is 48.7. The predicted molar refractivity (Wildman–Crippen MR) is 507 cm³/mol. The Morgan fingerprint density at radius 1 is 0.342 bits per heavy atom. The number of ether oxygens (including phenoxy) is 16. The van der Waals surface area contributed by atoms with Crippen molar-refractivity contribution >= 4 is 137 Å². The zero-order valence-electron chi connectivity index (χ0n) is 84.8. The topological polar surface area (TPSA) is 658 Å². The number of carbonyl (C=O) groups is 20. The van der Waals surface area contributed by atoms with Gasteiger partial charge in [-0.2, -0.15) is 15.0 Å². The molecule has 0 saturated carbocycles. The second-order valence-corrected chi connectivity index (χ2v) is 34.6. The van der Waals surface area contributed by atoms with E-state index in [2.05, 4.69) is 53.2 Å². The molecule has 4 fully saturated rings. The zero-order chi connectivity index (χ0) is 107. The smallest absolute Gasteiger partial charge is 0.306 e. The second-order valence-electron chi connectivity index (χ2n) is 34.6. The van der Waals surface area contributed by atoms with E-state index in [1.54, 1.807) is 9.80 Å². The fourth-order valence-electron chi connectivity index (χ4n) is 15.5. The Hall–Kier alpha value is -13.2.